The minimum absolute atomic E-state index is 0.0825. The van der Waals surface area contributed by atoms with Gasteiger partial charge in [-0.2, -0.15) is 9.57 Å². The number of carboxylic acid groups (broad SMARTS) is 1. The summed E-state index contributed by atoms with van der Waals surface area (Å²) in [5.74, 6) is -0.938. The molecule has 6 aromatic carbocycles. The van der Waals surface area contributed by atoms with E-state index in [0.717, 1.165) is 26.6 Å². The average molecular weight is 1010 g/mol. The number of fused-ring (bicyclic) bond motifs is 2. The third kappa shape index (κ3) is 10.6. The Morgan fingerprint density at radius 1 is 0.871 bits per heavy atom. The normalized spacial score (nSPS) is 15.7. The summed E-state index contributed by atoms with van der Waals surface area (Å²) in [7, 11) is -4.43. The molecule has 1 unspecified atom stereocenters. The molecule has 9 rings (SSSR count). The van der Waals surface area contributed by atoms with Gasteiger partial charge < -0.3 is 30.0 Å². The summed E-state index contributed by atoms with van der Waals surface area (Å²) in [5, 5.41) is 27.9. The predicted molar refractivity (Wildman–Crippen MR) is 264 cm³/mol. The van der Waals surface area contributed by atoms with Crippen molar-refractivity contribution in [1.29, 1.82) is 5.26 Å². The molecule has 2 amide bonds. The number of carbonyl (C=O) groups is 3. The number of carboxylic acids is 1. The second-order valence-electron chi connectivity index (χ2n) is 16.6. The monoisotopic (exact) mass is 1010 g/mol. The molecule has 14 nitrogen and oxygen atoms in total. The number of nitrogens with one attached hydrogen (secondary N) is 2. The summed E-state index contributed by atoms with van der Waals surface area (Å²) in [5.41, 5.74) is 6.87. The van der Waals surface area contributed by atoms with Crippen LogP contribution in [0.25, 0.3) is 22.4 Å². The van der Waals surface area contributed by atoms with E-state index >= 15 is 0 Å². The van der Waals surface area contributed by atoms with E-state index in [9.17, 15) is 27.9 Å². The van der Waals surface area contributed by atoms with Gasteiger partial charge in [0.15, 0.2) is 22.7 Å². The highest BCUT2D eigenvalue weighted by molar-refractivity contribution is 7.89. The van der Waals surface area contributed by atoms with Crippen molar-refractivity contribution in [2.45, 2.75) is 56.0 Å². The minimum atomic E-state index is -4.43. The van der Waals surface area contributed by atoms with Gasteiger partial charge in [0.2, 0.25) is 21.8 Å². The van der Waals surface area contributed by atoms with Crippen molar-refractivity contribution in [2.24, 2.45) is 0 Å². The highest BCUT2D eigenvalue weighted by Crippen LogP contribution is 2.42. The van der Waals surface area contributed by atoms with E-state index in [4.69, 9.17) is 42.7 Å². The Labute approximate surface area is 417 Å². The molecular formula is C52H41Cl2N5O9S2. The molecular weight excluding hydrogens is 974 g/mol. The first-order chi connectivity index (χ1) is 33.7. The summed E-state index contributed by atoms with van der Waals surface area (Å²) < 4.78 is 49.3. The van der Waals surface area contributed by atoms with Gasteiger partial charge in [-0.3, -0.25) is 9.59 Å². The number of benzene rings is 6. The second-order valence-corrected chi connectivity index (χ2v) is 20.2. The van der Waals surface area contributed by atoms with Gasteiger partial charge in [0.25, 0.3) is 0 Å². The van der Waals surface area contributed by atoms with Crippen molar-refractivity contribution in [1.82, 2.24) is 14.6 Å². The SMILES string of the molecule is CC(=O)Nc1nc(-c2ccc(S(=O)(=O)N3Cc4cc5c(cc4CC3C(=O)N[C@@H](Cc3ccc(-c4ccc(C#N)cc4)cc3)C(=O)O)OC[C@H](c3ccc(OCc4ccc(Cl)c(Cl)c4)cc3)O5)cc2)cs1. The average Bonchev–Trinajstić information content (AvgIpc) is 3.83. The van der Waals surface area contributed by atoms with E-state index in [0.29, 0.717) is 65.9 Å². The van der Waals surface area contributed by atoms with Crippen LogP contribution in [0.3, 0.4) is 0 Å². The molecule has 0 radical (unpaired) electrons. The number of hydrogen-bond acceptors (Lipinski definition) is 11. The molecule has 354 valence electrons. The fraction of sp³-hybridized carbons (Fsp3) is 0.173. The van der Waals surface area contributed by atoms with Crippen LogP contribution in [0, 0.1) is 11.3 Å². The number of anilines is 1. The van der Waals surface area contributed by atoms with Crippen LogP contribution in [0.1, 0.15) is 46.4 Å². The first-order valence-electron chi connectivity index (χ1n) is 21.8. The standard InChI is InChI=1S/C52H41Cl2N5O9S2/c1-30(60)56-52-58-45(29-69-52)36-13-17-41(18-14-36)70(64,65)59-26-39-24-48-47(67-28-49(68-48)37-11-15-40(16-12-37)66-27-33-6-19-42(53)43(54)20-33)23-38(39)22-46(59)50(61)57-44(51(62)63)21-31-2-7-34(8-3-31)35-9-4-32(25-55)5-10-35/h2-20,23-24,29,44,46,49H,21-22,26-28H2,1H3,(H,57,61)(H,62,63)(H,56,58,60)/t44-,46?,49+/m0/s1. The van der Waals surface area contributed by atoms with Gasteiger partial charge in [0, 0.05) is 30.8 Å². The number of sulfonamides is 1. The molecule has 18 heteroatoms. The first kappa shape index (κ1) is 47.8. The number of ether oxygens (including phenoxy) is 3. The van der Waals surface area contributed by atoms with Gasteiger partial charge in [-0.05, 0) is 106 Å². The number of halogens is 2. The molecule has 0 saturated heterocycles. The van der Waals surface area contributed by atoms with E-state index in [1.807, 2.05) is 54.6 Å². The Kier molecular flexibility index (Phi) is 13.9. The van der Waals surface area contributed by atoms with Gasteiger partial charge in [0.05, 0.1) is 32.3 Å². The summed E-state index contributed by atoms with van der Waals surface area (Å²) in [6, 6.07) is 35.8. The van der Waals surface area contributed by atoms with Crippen molar-refractivity contribution in [3.8, 4) is 45.7 Å². The topological polar surface area (TPSA) is 197 Å². The maximum atomic E-state index is 14.8. The van der Waals surface area contributed by atoms with E-state index in [-0.39, 0.29) is 43.4 Å². The van der Waals surface area contributed by atoms with Crippen LogP contribution >= 0.6 is 34.5 Å². The Hall–Kier alpha value is -7.26. The predicted octanol–water partition coefficient (Wildman–Crippen LogP) is 9.63. The maximum Gasteiger partial charge on any atom is 0.326 e. The first-order valence-corrected chi connectivity index (χ1v) is 24.9. The summed E-state index contributed by atoms with van der Waals surface area (Å²) in [6.07, 6.45) is -0.693. The number of hydrogen-bond donors (Lipinski definition) is 3. The molecule has 0 bridgehead atoms. The number of aliphatic carboxylic acids is 1. The number of rotatable bonds is 14. The Bertz CT molecular complexity index is 3270. The Morgan fingerprint density at radius 2 is 1.54 bits per heavy atom. The molecule has 70 heavy (non-hydrogen) atoms. The third-order valence-corrected chi connectivity index (χ3v) is 15.2. The van der Waals surface area contributed by atoms with Crippen LogP contribution in [-0.4, -0.2) is 59.3 Å². The molecule has 3 N–H and O–H groups in total. The van der Waals surface area contributed by atoms with Crippen molar-refractivity contribution in [3.05, 3.63) is 176 Å². The van der Waals surface area contributed by atoms with Gasteiger partial charge >= 0.3 is 5.97 Å². The lowest BCUT2D eigenvalue weighted by atomic mass is 9.93. The maximum absolute atomic E-state index is 14.8. The molecule has 0 fully saturated rings. The van der Waals surface area contributed by atoms with Crippen LogP contribution in [0.15, 0.2) is 138 Å². The van der Waals surface area contributed by atoms with Gasteiger partial charge in [-0.15, -0.1) is 11.3 Å². The fourth-order valence-electron chi connectivity index (χ4n) is 8.16. The number of thiazole rings is 1. The molecule has 0 saturated carbocycles. The quantitative estimate of drug-likeness (QED) is 0.0938. The van der Waals surface area contributed by atoms with Crippen molar-refractivity contribution < 1.29 is 42.1 Å². The van der Waals surface area contributed by atoms with E-state index < -0.39 is 40.1 Å². The number of carbonyl (C=O) groups excluding carboxylic acids is 2. The molecule has 3 atom stereocenters. The highest BCUT2D eigenvalue weighted by Gasteiger charge is 2.42. The zero-order valence-electron chi connectivity index (χ0n) is 37.1. The van der Waals surface area contributed by atoms with E-state index in [1.165, 1.54) is 30.4 Å². The molecule has 1 aromatic heterocycles. The lowest BCUT2D eigenvalue weighted by Gasteiger charge is -2.37. The van der Waals surface area contributed by atoms with Crippen LogP contribution in [0.2, 0.25) is 10.0 Å². The summed E-state index contributed by atoms with van der Waals surface area (Å²) >= 11 is 13.4. The molecule has 7 aromatic rings. The van der Waals surface area contributed by atoms with Crippen LogP contribution in [0.5, 0.6) is 17.2 Å². The van der Waals surface area contributed by atoms with Crippen LogP contribution in [0.4, 0.5) is 5.13 Å². The molecule has 3 heterocycles. The molecule has 0 aliphatic carbocycles. The Morgan fingerprint density at radius 3 is 2.21 bits per heavy atom. The van der Waals surface area contributed by atoms with Crippen molar-refractivity contribution >= 4 is 67.5 Å². The zero-order valence-corrected chi connectivity index (χ0v) is 40.2. The highest BCUT2D eigenvalue weighted by atomic mass is 35.5. The third-order valence-electron chi connectivity index (χ3n) is 11.9. The number of aromatic nitrogens is 1. The molecule has 0 spiro atoms. The zero-order chi connectivity index (χ0) is 49.1. The van der Waals surface area contributed by atoms with Crippen LogP contribution < -0.4 is 24.8 Å². The molecule has 2 aliphatic rings. The fourth-order valence-corrected chi connectivity index (χ4v) is 10.8. The lowest BCUT2D eigenvalue weighted by molar-refractivity contribution is -0.142. The van der Waals surface area contributed by atoms with E-state index in [1.54, 1.807) is 66.0 Å². The van der Waals surface area contributed by atoms with Crippen LogP contribution in [-0.2, 0) is 50.4 Å². The Balaban J connectivity index is 0.957. The largest absolute Gasteiger partial charge is 0.489 e. The number of nitriles is 1. The summed E-state index contributed by atoms with van der Waals surface area (Å²) in [6.45, 7) is 1.58. The van der Waals surface area contributed by atoms with Crippen molar-refractivity contribution in [2.75, 3.05) is 11.9 Å². The van der Waals surface area contributed by atoms with Gasteiger partial charge in [0.1, 0.15) is 31.0 Å². The number of nitrogens with zero attached hydrogens (tertiary/aromatic N) is 3. The summed E-state index contributed by atoms with van der Waals surface area (Å²) in [4.78, 5) is 43.1. The lowest BCUT2D eigenvalue weighted by Crippen LogP contribution is -2.55. The second kappa shape index (κ2) is 20.4. The van der Waals surface area contributed by atoms with Crippen molar-refractivity contribution in [3.63, 3.8) is 0 Å². The molecule has 2 aliphatic heterocycles. The van der Waals surface area contributed by atoms with E-state index in [2.05, 4.69) is 21.7 Å². The van der Waals surface area contributed by atoms with Gasteiger partial charge in [-0.1, -0.05) is 89.9 Å². The number of amides is 2. The van der Waals surface area contributed by atoms with Gasteiger partial charge in [-0.25, -0.2) is 18.2 Å². The minimum Gasteiger partial charge on any atom is -0.489 e. The smallest absolute Gasteiger partial charge is 0.326 e.